The lowest BCUT2D eigenvalue weighted by Gasteiger charge is -2.12. The zero-order valence-electron chi connectivity index (χ0n) is 15.2. The van der Waals surface area contributed by atoms with E-state index >= 15 is 0 Å². The number of hydrogen-bond acceptors (Lipinski definition) is 5. The van der Waals surface area contributed by atoms with Gasteiger partial charge in [-0.15, -0.1) is 0 Å². The van der Waals surface area contributed by atoms with E-state index in [9.17, 15) is 4.79 Å². The quantitative estimate of drug-likeness (QED) is 0.580. The number of Topliss-reactive ketones (excluding diaryl/α,β-unsaturated/α-hetero) is 1. The fourth-order valence-electron chi connectivity index (χ4n) is 2.64. The number of hydrogen-bond donors (Lipinski definition) is 0. The molecule has 5 heteroatoms. The maximum atomic E-state index is 12.2. The summed E-state index contributed by atoms with van der Waals surface area (Å²) in [6, 6.07) is 15.0. The number of rotatable bonds is 7. The molecule has 0 aliphatic carbocycles. The second-order valence-electron chi connectivity index (χ2n) is 6.45. The Morgan fingerprint density at radius 2 is 1.92 bits per heavy atom. The molecule has 0 unspecified atom stereocenters. The standard InChI is InChI=1S/C21H22N2O3/c1-14(2)25-19-11-9-17(13-15(19)3)21-22-20(26-23-21)12-10-18(24)16-7-5-4-6-8-16/h4-9,11,13-14H,10,12H2,1-3H3. The minimum absolute atomic E-state index is 0.0661. The van der Waals surface area contributed by atoms with Crippen molar-refractivity contribution in [3.8, 4) is 17.1 Å². The van der Waals surface area contributed by atoms with Gasteiger partial charge < -0.3 is 9.26 Å². The van der Waals surface area contributed by atoms with Crippen molar-refractivity contribution in [2.75, 3.05) is 0 Å². The molecule has 3 rings (SSSR count). The molecule has 134 valence electrons. The van der Waals surface area contributed by atoms with Crippen molar-refractivity contribution < 1.29 is 14.1 Å². The largest absolute Gasteiger partial charge is 0.491 e. The lowest BCUT2D eigenvalue weighted by atomic mass is 10.1. The second kappa shape index (κ2) is 7.95. The number of nitrogens with zero attached hydrogens (tertiary/aromatic N) is 2. The van der Waals surface area contributed by atoms with Gasteiger partial charge in [-0.3, -0.25) is 4.79 Å². The molecule has 0 amide bonds. The van der Waals surface area contributed by atoms with Crippen molar-refractivity contribution in [3.63, 3.8) is 0 Å². The van der Waals surface area contributed by atoms with Crippen LogP contribution in [0.4, 0.5) is 0 Å². The van der Waals surface area contributed by atoms with E-state index in [0.717, 1.165) is 16.9 Å². The Morgan fingerprint density at radius 1 is 1.15 bits per heavy atom. The molecule has 1 heterocycles. The Bertz CT molecular complexity index is 885. The molecular weight excluding hydrogens is 328 g/mol. The summed E-state index contributed by atoms with van der Waals surface area (Å²) in [6.07, 6.45) is 0.888. The molecule has 0 saturated carbocycles. The molecule has 2 aromatic carbocycles. The van der Waals surface area contributed by atoms with Crippen LogP contribution in [0, 0.1) is 6.92 Å². The molecule has 3 aromatic rings. The first-order chi connectivity index (χ1) is 12.5. The van der Waals surface area contributed by atoms with Gasteiger partial charge in [0.05, 0.1) is 6.10 Å². The predicted octanol–water partition coefficient (Wildman–Crippen LogP) is 4.65. The number of carbonyl (C=O) groups is 1. The average Bonchev–Trinajstić information content (AvgIpc) is 3.11. The topological polar surface area (TPSA) is 65.2 Å². The van der Waals surface area contributed by atoms with Crippen LogP contribution in [0.5, 0.6) is 5.75 Å². The highest BCUT2D eigenvalue weighted by Gasteiger charge is 2.13. The molecule has 1 aromatic heterocycles. The van der Waals surface area contributed by atoms with E-state index in [1.54, 1.807) is 0 Å². The van der Waals surface area contributed by atoms with Crippen LogP contribution in [0.2, 0.25) is 0 Å². The Kier molecular flexibility index (Phi) is 5.46. The Labute approximate surface area is 153 Å². The summed E-state index contributed by atoms with van der Waals surface area (Å²) in [5.41, 5.74) is 2.58. The molecule has 0 radical (unpaired) electrons. The van der Waals surface area contributed by atoms with Gasteiger partial charge in [0.15, 0.2) is 5.78 Å². The van der Waals surface area contributed by atoms with E-state index in [4.69, 9.17) is 9.26 Å². The number of carbonyl (C=O) groups excluding carboxylic acids is 1. The molecule has 0 aliphatic heterocycles. The second-order valence-corrected chi connectivity index (χ2v) is 6.45. The number of benzene rings is 2. The minimum Gasteiger partial charge on any atom is -0.491 e. The molecular formula is C21H22N2O3. The normalized spacial score (nSPS) is 10.9. The molecule has 0 aliphatic rings. The maximum Gasteiger partial charge on any atom is 0.227 e. The van der Waals surface area contributed by atoms with Crippen molar-refractivity contribution in [3.05, 3.63) is 65.5 Å². The van der Waals surface area contributed by atoms with E-state index in [2.05, 4.69) is 10.1 Å². The zero-order valence-corrected chi connectivity index (χ0v) is 15.2. The van der Waals surface area contributed by atoms with Crippen LogP contribution in [0.25, 0.3) is 11.4 Å². The number of aromatic nitrogens is 2. The van der Waals surface area contributed by atoms with E-state index < -0.39 is 0 Å². The molecule has 0 bridgehead atoms. The third kappa shape index (κ3) is 4.36. The van der Waals surface area contributed by atoms with E-state index in [-0.39, 0.29) is 11.9 Å². The van der Waals surface area contributed by atoms with Crippen LogP contribution in [0.1, 0.15) is 42.1 Å². The highest BCUT2D eigenvalue weighted by Crippen LogP contribution is 2.25. The summed E-state index contributed by atoms with van der Waals surface area (Å²) in [7, 11) is 0. The molecule has 0 saturated heterocycles. The first-order valence-corrected chi connectivity index (χ1v) is 8.71. The first-order valence-electron chi connectivity index (χ1n) is 8.71. The highest BCUT2D eigenvalue weighted by molar-refractivity contribution is 5.96. The molecule has 0 spiro atoms. The Hall–Kier alpha value is -2.95. The average molecular weight is 350 g/mol. The fourth-order valence-corrected chi connectivity index (χ4v) is 2.64. The van der Waals surface area contributed by atoms with Crippen molar-refractivity contribution in [2.24, 2.45) is 0 Å². The summed E-state index contributed by atoms with van der Waals surface area (Å²) in [5.74, 6) is 1.90. The number of ether oxygens (including phenoxy) is 1. The van der Waals surface area contributed by atoms with Gasteiger partial charge in [-0.1, -0.05) is 35.5 Å². The lowest BCUT2D eigenvalue weighted by molar-refractivity contribution is 0.0979. The zero-order chi connectivity index (χ0) is 18.5. The van der Waals surface area contributed by atoms with Gasteiger partial charge in [0.25, 0.3) is 0 Å². The predicted molar refractivity (Wildman–Crippen MR) is 99.3 cm³/mol. The summed E-state index contributed by atoms with van der Waals surface area (Å²) >= 11 is 0. The molecule has 5 nitrogen and oxygen atoms in total. The molecule has 0 N–H and O–H groups in total. The van der Waals surface area contributed by atoms with E-state index in [1.807, 2.05) is 69.3 Å². The maximum absolute atomic E-state index is 12.2. The third-order valence-corrected chi connectivity index (χ3v) is 3.93. The van der Waals surface area contributed by atoms with Crippen LogP contribution in [-0.2, 0) is 6.42 Å². The van der Waals surface area contributed by atoms with Crippen molar-refractivity contribution >= 4 is 5.78 Å². The van der Waals surface area contributed by atoms with Gasteiger partial charge in [0, 0.05) is 24.0 Å². The SMILES string of the molecule is Cc1cc(-c2noc(CCC(=O)c3ccccc3)n2)ccc1OC(C)C. The summed E-state index contributed by atoms with van der Waals surface area (Å²) < 4.78 is 11.0. The van der Waals surface area contributed by atoms with Gasteiger partial charge >= 0.3 is 0 Å². The van der Waals surface area contributed by atoms with Crippen LogP contribution >= 0.6 is 0 Å². The van der Waals surface area contributed by atoms with Crippen molar-refractivity contribution in [1.29, 1.82) is 0 Å². The van der Waals surface area contributed by atoms with Crippen LogP contribution in [0.15, 0.2) is 53.1 Å². The van der Waals surface area contributed by atoms with E-state index in [1.165, 1.54) is 0 Å². The number of ketones is 1. The first kappa shape index (κ1) is 17.9. The molecule has 0 atom stereocenters. The molecule has 0 fully saturated rings. The Balaban J connectivity index is 1.66. The van der Waals surface area contributed by atoms with Gasteiger partial charge in [-0.2, -0.15) is 4.98 Å². The van der Waals surface area contributed by atoms with Crippen LogP contribution in [-0.4, -0.2) is 22.0 Å². The summed E-state index contributed by atoms with van der Waals surface area (Å²) in [5, 5.41) is 4.03. The van der Waals surface area contributed by atoms with Crippen molar-refractivity contribution in [1.82, 2.24) is 10.1 Å². The van der Waals surface area contributed by atoms with Gasteiger partial charge in [-0.25, -0.2) is 0 Å². The van der Waals surface area contributed by atoms with Crippen molar-refractivity contribution in [2.45, 2.75) is 39.7 Å². The van der Waals surface area contributed by atoms with Gasteiger partial charge in [0.2, 0.25) is 11.7 Å². The third-order valence-electron chi connectivity index (χ3n) is 3.93. The minimum atomic E-state index is 0.0661. The van der Waals surface area contributed by atoms with Gasteiger partial charge in [0.1, 0.15) is 5.75 Å². The highest BCUT2D eigenvalue weighted by atomic mass is 16.5. The summed E-state index contributed by atoms with van der Waals surface area (Å²) in [6.45, 7) is 5.98. The van der Waals surface area contributed by atoms with Crippen LogP contribution < -0.4 is 4.74 Å². The van der Waals surface area contributed by atoms with Crippen LogP contribution in [0.3, 0.4) is 0 Å². The summed E-state index contributed by atoms with van der Waals surface area (Å²) in [4.78, 5) is 16.6. The molecule has 26 heavy (non-hydrogen) atoms. The number of aryl methyl sites for hydroxylation is 2. The monoisotopic (exact) mass is 350 g/mol. The van der Waals surface area contributed by atoms with Gasteiger partial charge in [-0.05, 0) is 44.5 Å². The lowest BCUT2D eigenvalue weighted by Crippen LogP contribution is -2.06. The van der Waals surface area contributed by atoms with E-state index in [0.29, 0.717) is 30.1 Å². The smallest absolute Gasteiger partial charge is 0.227 e. The Morgan fingerprint density at radius 3 is 2.62 bits per heavy atom. The fraction of sp³-hybridized carbons (Fsp3) is 0.286.